The van der Waals surface area contributed by atoms with E-state index in [2.05, 4.69) is 9.97 Å². The molecule has 0 amide bonds. The third kappa shape index (κ3) is 2.92. The summed E-state index contributed by atoms with van der Waals surface area (Å²) >= 11 is 0. The molecule has 1 unspecified atom stereocenters. The molecule has 2 saturated heterocycles. The topological polar surface area (TPSA) is 89.8 Å². The summed E-state index contributed by atoms with van der Waals surface area (Å²) in [5.74, 6) is 0.679. The van der Waals surface area contributed by atoms with Crippen LogP contribution in [0.2, 0.25) is 0 Å². The lowest BCUT2D eigenvalue weighted by molar-refractivity contribution is -0.137. The number of piperidine rings is 1. The molecule has 0 spiro atoms. The normalized spacial score (nSPS) is 34.6. The second-order valence-corrected chi connectivity index (χ2v) is 8.31. The van der Waals surface area contributed by atoms with Gasteiger partial charge in [0.15, 0.2) is 0 Å². The first-order valence-corrected chi connectivity index (χ1v) is 9.22. The Morgan fingerprint density at radius 1 is 1.33 bits per heavy atom. The molecule has 2 aliphatic heterocycles. The highest BCUT2D eigenvalue weighted by Gasteiger charge is 2.56. The fraction of sp³-hybridized carbons (Fsp3) is 0.722. The van der Waals surface area contributed by atoms with Crippen molar-refractivity contribution in [1.82, 2.24) is 9.97 Å². The first-order chi connectivity index (χ1) is 12.6. The number of carboxylic acid groups (broad SMARTS) is 1. The summed E-state index contributed by atoms with van der Waals surface area (Å²) in [5, 5.41) is 19.1. The number of halogens is 2. The molecule has 1 saturated carbocycles. The Hall–Kier alpha value is -2.03. The number of aromatic nitrogens is 2. The van der Waals surface area contributed by atoms with E-state index >= 15 is 0 Å². The molecule has 27 heavy (non-hydrogen) atoms. The molecular formula is C18H24F2N4O3. The van der Waals surface area contributed by atoms with Crippen LogP contribution in [0.1, 0.15) is 38.0 Å². The lowest BCUT2D eigenvalue weighted by Gasteiger charge is -2.51. The maximum absolute atomic E-state index is 13.6. The summed E-state index contributed by atoms with van der Waals surface area (Å²) in [4.78, 5) is 23.2. The van der Waals surface area contributed by atoms with E-state index in [1.165, 1.54) is 0 Å². The van der Waals surface area contributed by atoms with Gasteiger partial charge in [-0.15, -0.1) is 0 Å². The number of fused-ring (bicyclic) bond motifs is 1. The quantitative estimate of drug-likeness (QED) is 0.803. The van der Waals surface area contributed by atoms with E-state index in [0.29, 0.717) is 31.0 Å². The summed E-state index contributed by atoms with van der Waals surface area (Å²) in [7, 11) is 0. The van der Waals surface area contributed by atoms with Crippen molar-refractivity contribution in [3.63, 3.8) is 0 Å². The molecule has 0 radical (unpaired) electrons. The van der Waals surface area contributed by atoms with Gasteiger partial charge in [-0.05, 0) is 38.5 Å². The number of carbonyl (C=O) groups is 1. The monoisotopic (exact) mass is 382 g/mol. The highest BCUT2D eigenvalue weighted by molar-refractivity contribution is 5.68. The van der Waals surface area contributed by atoms with E-state index in [0.717, 1.165) is 0 Å². The summed E-state index contributed by atoms with van der Waals surface area (Å²) in [6.07, 6.45) is -2.54. The Labute approximate surface area is 156 Å². The summed E-state index contributed by atoms with van der Waals surface area (Å²) in [5.41, 5.74) is -0.806. The number of aliphatic hydroxyl groups is 1. The molecule has 1 aromatic heterocycles. The maximum atomic E-state index is 13.6. The molecule has 0 aromatic carbocycles. The molecule has 1 aromatic rings. The molecule has 5 atom stereocenters. The fourth-order valence-electron chi connectivity index (χ4n) is 4.57. The minimum absolute atomic E-state index is 0.167. The average molecular weight is 382 g/mol. The highest BCUT2D eigenvalue weighted by atomic mass is 19.3. The minimum Gasteiger partial charge on any atom is -0.481 e. The molecule has 0 bridgehead atoms. The van der Waals surface area contributed by atoms with Crippen molar-refractivity contribution < 1.29 is 23.8 Å². The number of hydrogen-bond donors (Lipinski definition) is 2. The smallest absolute Gasteiger partial charge is 0.303 e. The Morgan fingerprint density at radius 3 is 2.44 bits per heavy atom. The van der Waals surface area contributed by atoms with Gasteiger partial charge in [-0.25, -0.2) is 13.8 Å². The third-order valence-corrected chi connectivity index (χ3v) is 6.55. The van der Waals surface area contributed by atoms with Crippen molar-refractivity contribution in [2.24, 2.45) is 17.8 Å². The lowest BCUT2D eigenvalue weighted by Crippen LogP contribution is -2.67. The van der Waals surface area contributed by atoms with Crippen molar-refractivity contribution in [3.8, 4) is 0 Å². The second kappa shape index (κ2) is 5.98. The molecule has 7 nitrogen and oxygen atoms in total. The molecule has 4 rings (SSSR count). The number of carboxylic acids is 1. The molecule has 3 heterocycles. The summed E-state index contributed by atoms with van der Waals surface area (Å²) < 4.78 is 27.1. The number of anilines is 2. The van der Waals surface area contributed by atoms with E-state index < -0.39 is 18.0 Å². The van der Waals surface area contributed by atoms with E-state index in [9.17, 15) is 18.7 Å². The van der Waals surface area contributed by atoms with E-state index in [1.807, 2.05) is 11.8 Å². The van der Waals surface area contributed by atoms with Gasteiger partial charge in [0.1, 0.15) is 11.5 Å². The maximum Gasteiger partial charge on any atom is 0.303 e. The Kier molecular flexibility index (Phi) is 4.06. The molecule has 3 aliphatic rings. The van der Waals surface area contributed by atoms with Crippen LogP contribution in [-0.4, -0.2) is 57.4 Å². The zero-order valence-corrected chi connectivity index (χ0v) is 15.6. The van der Waals surface area contributed by atoms with E-state index in [1.54, 1.807) is 18.7 Å². The first-order valence-electron chi connectivity index (χ1n) is 9.22. The van der Waals surface area contributed by atoms with Crippen LogP contribution < -0.4 is 9.80 Å². The van der Waals surface area contributed by atoms with Crippen molar-refractivity contribution in [1.29, 1.82) is 0 Å². The van der Waals surface area contributed by atoms with Gasteiger partial charge < -0.3 is 20.0 Å². The molecular weight excluding hydrogens is 358 g/mol. The van der Waals surface area contributed by atoms with Gasteiger partial charge in [-0.2, -0.15) is 4.98 Å². The van der Waals surface area contributed by atoms with Crippen LogP contribution in [0.25, 0.3) is 0 Å². The van der Waals surface area contributed by atoms with E-state index in [-0.39, 0.29) is 41.9 Å². The predicted molar refractivity (Wildman–Crippen MR) is 94.1 cm³/mol. The number of β-amino-alcohol motifs (C(OH)–C–C–N with tert-alkyl or cyclic N) is 1. The molecule has 2 N–H and O–H groups in total. The van der Waals surface area contributed by atoms with Gasteiger partial charge in [-0.1, -0.05) is 0 Å². The molecule has 148 valence electrons. The Balaban J connectivity index is 1.59. The lowest BCUT2D eigenvalue weighted by atomic mass is 9.87. The largest absolute Gasteiger partial charge is 0.481 e. The van der Waals surface area contributed by atoms with Crippen LogP contribution in [0, 0.1) is 24.7 Å². The van der Waals surface area contributed by atoms with Crippen LogP contribution in [-0.2, 0) is 4.79 Å². The summed E-state index contributed by atoms with van der Waals surface area (Å²) in [6, 6.07) is -0.259. The first kappa shape index (κ1) is 18.3. The Morgan fingerprint density at radius 2 is 1.96 bits per heavy atom. The predicted octanol–water partition coefficient (Wildman–Crippen LogP) is 1.84. The molecule has 3 fully saturated rings. The number of aliphatic carboxylic acids is 1. The van der Waals surface area contributed by atoms with Crippen molar-refractivity contribution >= 4 is 17.7 Å². The zero-order valence-electron chi connectivity index (χ0n) is 15.6. The molecule has 1 aliphatic carbocycles. The van der Waals surface area contributed by atoms with Gasteiger partial charge in [0, 0.05) is 25.1 Å². The van der Waals surface area contributed by atoms with Crippen LogP contribution in [0.15, 0.2) is 0 Å². The molecule has 9 heteroatoms. The van der Waals surface area contributed by atoms with Crippen molar-refractivity contribution in [2.45, 2.75) is 45.3 Å². The van der Waals surface area contributed by atoms with E-state index in [4.69, 9.17) is 5.11 Å². The van der Waals surface area contributed by atoms with Crippen molar-refractivity contribution in [3.05, 3.63) is 11.3 Å². The Bertz CT molecular complexity index is 776. The fourth-order valence-corrected chi connectivity index (χ4v) is 4.57. The number of alkyl halides is 2. The third-order valence-electron chi connectivity index (χ3n) is 6.55. The second-order valence-electron chi connectivity index (χ2n) is 8.31. The number of hydrogen-bond acceptors (Lipinski definition) is 6. The zero-order chi connectivity index (χ0) is 19.7. The highest BCUT2D eigenvalue weighted by Crippen LogP contribution is 2.54. The summed E-state index contributed by atoms with van der Waals surface area (Å²) in [6.45, 7) is 6.69. The standard InChI is InChI=1S/C18H24F2N4O3/c1-8-14(15(19)20)21-17(24-7-18(3,27)9(24)2)22-16(8)23-5-11-10(4-13(25)26)12(11)6-23/h9-12,15,27H,4-7H2,1-3H3,(H,25,26)/t9-,10?,11-,12+,18+/m0/s1. The minimum atomic E-state index is -2.71. The number of rotatable bonds is 5. The van der Waals surface area contributed by atoms with Crippen LogP contribution in [0.3, 0.4) is 0 Å². The van der Waals surface area contributed by atoms with Crippen LogP contribution in [0.5, 0.6) is 0 Å². The van der Waals surface area contributed by atoms with Crippen molar-refractivity contribution in [2.75, 3.05) is 29.4 Å². The van der Waals surface area contributed by atoms with Gasteiger partial charge in [-0.3, -0.25) is 4.79 Å². The van der Waals surface area contributed by atoms with Gasteiger partial charge in [0.2, 0.25) is 5.95 Å². The SMILES string of the molecule is Cc1c(C(F)F)nc(N2C[C@@](C)(O)[C@@H]2C)nc1N1C[C@@H]2C(CC(=O)O)[C@@H]2C1. The van der Waals surface area contributed by atoms with Crippen LogP contribution >= 0.6 is 0 Å². The van der Waals surface area contributed by atoms with Gasteiger partial charge in [0.25, 0.3) is 6.43 Å². The van der Waals surface area contributed by atoms with Gasteiger partial charge in [0.05, 0.1) is 18.2 Å². The van der Waals surface area contributed by atoms with Gasteiger partial charge >= 0.3 is 5.97 Å². The van der Waals surface area contributed by atoms with Crippen LogP contribution in [0.4, 0.5) is 20.5 Å². The average Bonchev–Trinajstić information content (AvgIpc) is 3.02. The number of nitrogens with zero attached hydrogens (tertiary/aromatic N) is 4.